The first kappa shape index (κ1) is 20.3. The van der Waals surface area contributed by atoms with Crippen LogP contribution in [-0.2, 0) is 4.74 Å². The number of nitrogens with one attached hydrogen (secondary N) is 1. The third-order valence-corrected chi connectivity index (χ3v) is 5.56. The van der Waals surface area contributed by atoms with Gasteiger partial charge in [-0.05, 0) is 48.9 Å². The molecule has 0 fully saturated rings. The van der Waals surface area contributed by atoms with E-state index in [4.69, 9.17) is 9.47 Å². The Hall–Kier alpha value is -3.45. The van der Waals surface area contributed by atoms with E-state index in [0.29, 0.717) is 27.3 Å². The number of hydrogen-bond acceptors (Lipinski definition) is 6. The standard InChI is InChI=1S/C22H19NO5S/c1-13-17(22(26)28-3)21(23-20(25)15-7-5-4-6-8-15)29-19(13)18(24)14-9-11-16(27-2)12-10-14/h4-12H,1-3H3,(H,23,25). The van der Waals surface area contributed by atoms with E-state index < -0.39 is 5.97 Å². The molecular weight excluding hydrogens is 390 g/mol. The Bertz CT molecular complexity index is 1050. The lowest BCUT2D eigenvalue weighted by molar-refractivity contribution is 0.0601. The van der Waals surface area contributed by atoms with Crippen molar-refractivity contribution in [2.75, 3.05) is 19.5 Å². The number of ether oxygens (including phenoxy) is 2. The van der Waals surface area contributed by atoms with Gasteiger partial charge in [-0.1, -0.05) is 18.2 Å². The van der Waals surface area contributed by atoms with E-state index in [1.54, 1.807) is 68.6 Å². The summed E-state index contributed by atoms with van der Waals surface area (Å²) in [5, 5.41) is 3.01. The predicted octanol–water partition coefficient (Wildman–Crippen LogP) is 4.34. The molecular formula is C22H19NO5S. The monoisotopic (exact) mass is 409 g/mol. The lowest BCUT2D eigenvalue weighted by atomic mass is 10.0. The van der Waals surface area contributed by atoms with E-state index in [-0.39, 0.29) is 22.3 Å². The number of amides is 1. The zero-order valence-corrected chi connectivity index (χ0v) is 17.0. The van der Waals surface area contributed by atoms with Crippen molar-refractivity contribution in [3.05, 3.63) is 81.7 Å². The molecule has 29 heavy (non-hydrogen) atoms. The molecule has 3 rings (SSSR count). The highest BCUT2D eigenvalue weighted by molar-refractivity contribution is 7.19. The molecule has 0 unspecified atom stereocenters. The number of rotatable bonds is 6. The molecule has 7 heteroatoms. The van der Waals surface area contributed by atoms with Crippen LogP contribution in [0.3, 0.4) is 0 Å². The number of carbonyl (C=O) groups is 3. The van der Waals surface area contributed by atoms with E-state index in [9.17, 15) is 14.4 Å². The van der Waals surface area contributed by atoms with Crippen LogP contribution in [0, 0.1) is 6.92 Å². The Labute approximate surface area is 172 Å². The summed E-state index contributed by atoms with van der Waals surface area (Å²) >= 11 is 1.05. The van der Waals surface area contributed by atoms with Gasteiger partial charge in [-0.15, -0.1) is 11.3 Å². The van der Waals surface area contributed by atoms with E-state index in [0.717, 1.165) is 11.3 Å². The van der Waals surface area contributed by atoms with Crippen LogP contribution in [0.5, 0.6) is 5.75 Å². The topological polar surface area (TPSA) is 81.7 Å². The van der Waals surface area contributed by atoms with Crippen molar-refractivity contribution in [1.82, 2.24) is 0 Å². The lowest BCUT2D eigenvalue weighted by Crippen LogP contribution is -2.14. The second-order valence-corrected chi connectivity index (χ2v) is 7.15. The zero-order valence-electron chi connectivity index (χ0n) is 16.1. The SMILES string of the molecule is COC(=O)c1c(NC(=O)c2ccccc2)sc(C(=O)c2ccc(OC)cc2)c1C. The highest BCUT2D eigenvalue weighted by atomic mass is 32.1. The van der Waals surface area contributed by atoms with E-state index in [1.165, 1.54) is 7.11 Å². The third-order valence-electron chi connectivity index (χ3n) is 4.36. The third kappa shape index (κ3) is 4.20. The number of carbonyl (C=O) groups excluding carboxylic acids is 3. The van der Waals surface area contributed by atoms with Crippen molar-refractivity contribution in [3.8, 4) is 5.75 Å². The summed E-state index contributed by atoms with van der Waals surface area (Å²) in [7, 11) is 2.80. The second-order valence-electron chi connectivity index (χ2n) is 6.13. The van der Waals surface area contributed by atoms with Gasteiger partial charge in [0.1, 0.15) is 10.8 Å². The van der Waals surface area contributed by atoms with Crippen LogP contribution in [0.25, 0.3) is 0 Å². The number of benzene rings is 2. The van der Waals surface area contributed by atoms with Gasteiger partial charge in [-0.3, -0.25) is 9.59 Å². The van der Waals surface area contributed by atoms with Gasteiger partial charge < -0.3 is 14.8 Å². The summed E-state index contributed by atoms with van der Waals surface area (Å²) in [5.41, 5.74) is 1.54. The van der Waals surface area contributed by atoms with Gasteiger partial charge in [0.2, 0.25) is 5.78 Å². The van der Waals surface area contributed by atoms with Crippen LogP contribution >= 0.6 is 11.3 Å². The minimum atomic E-state index is -0.615. The van der Waals surface area contributed by atoms with Crippen molar-refractivity contribution >= 4 is 34.0 Å². The van der Waals surface area contributed by atoms with Crippen LogP contribution in [0.4, 0.5) is 5.00 Å². The normalized spacial score (nSPS) is 10.3. The minimum absolute atomic E-state index is 0.179. The van der Waals surface area contributed by atoms with Gasteiger partial charge in [-0.25, -0.2) is 4.79 Å². The van der Waals surface area contributed by atoms with Gasteiger partial charge >= 0.3 is 5.97 Å². The first-order valence-corrected chi connectivity index (χ1v) is 9.54. The fourth-order valence-corrected chi connectivity index (χ4v) is 3.96. The van der Waals surface area contributed by atoms with E-state index in [1.807, 2.05) is 0 Å². The van der Waals surface area contributed by atoms with Crippen molar-refractivity contribution in [2.45, 2.75) is 6.92 Å². The Balaban J connectivity index is 1.99. The molecule has 0 aliphatic rings. The fourth-order valence-electron chi connectivity index (χ4n) is 2.80. The largest absolute Gasteiger partial charge is 0.497 e. The number of hydrogen-bond donors (Lipinski definition) is 1. The van der Waals surface area contributed by atoms with Crippen LogP contribution in [0.1, 0.15) is 41.5 Å². The van der Waals surface area contributed by atoms with Gasteiger partial charge in [0.05, 0.1) is 24.7 Å². The molecule has 6 nitrogen and oxygen atoms in total. The van der Waals surface area contributed by atoms with Gasteiger partial charge in [0.25, 0.3) is 5.91 Å². The molecule has 0 saturated carbocycles. The van der Waals surface area contributed by atoms with Crippen molar-refractivity contribution in [2.24, 2.45) is 0 Å². The lowest BCUT2D eigenvalue weighted by Gasteiger charge is -2.06. The summed E-state index contributed by atoms with van der Waals surface area (Å²) in [5.74, 6) is -0.604. The molecule has 2 aromatic carbocycles. The maximum Gasteiger partial charge on any atom is 0.341 e. The predicted molar refractivity (Wildman–Crippen MR) is 111 cm³/mol. The fraction of sp³-hybridized carbons (Fsp3) is 0.136. The van der Waals surface area contributed by atoms with Crippen molar-refractivity contribution < 1.29 is 23.9 Å². The van der Waals surface area contributed by atoms with Crippen LogP contribution in [0.2, 0.25) is 0 Å². The van der Waals surface area contributed by atoms with Gasteiger partial charge in [0, 0.05) is 11.1 Å². The molecule has 0 atom stereocenters. The molecule has 1 amide bonds. The molecule has 0 spiro atoms. The summed E-state index contributed by atoms with van der Waals surface area (Å²) in [6, 6.07) is 15.3. The first-order chi connectivity index (χ1) is 14.0. The number of anilines is 1. The number of ketones is 1. The second kappa shape index (κ2) is 8.70. The Morgan fingerprint density at radius 2 is 1.55 bits per heavy atom. The summed E-state index contributed by atoms with van der Waals surface area (Å²) < 4.78 is 9.98. The molecule has 1 heterocycles. The minimum Gasteiger partial charge on any atom is -0.497 e. The summed E-state index contributed by atoms with van der Waals surface area (Å²) in [6.07, 6.45) is 0. The highest BCUT2D eigenvalue weighted by Crippen LogP contribution is 2.35. The highest BCUT2D eigenvalue weighted by Gasteiger charge is 2.27. The van der Waals surface area contributed by atoms with Crippen LogP contribution in [-0.4, -0.2) is 31.9 Å². The molecule has 1 aromatic heterocycles. The average Bonchev–Trinajstić information content (AvgIpc) is 3.08. The Morgan fingerprint density at radius 3 is 2.14 bits per heavy atom. The van der Waals surface area contributed by atoms with Gasteiger partial charge in [0.15, 0.2) is 0 Å². The van der Waals surface area contributed by atoms with Crippen LogP contribution in [0.15, 0.2) is 54.6 Å². The number of thiophene rings is 1. The molecule has 0 aliphatic heterocycles. The molecule has 0 saturated heterocycles. The van der Waals surface area contributed by atoms with Crippen LogP contribution < -0.4 is 10.1 Å². The molecule has 1 N–H and O–H groups in total. The molecule has 3 aromatic rings. The van der Waals surface area contributed by atoms with Crippen molar-refractivity contribution in [1.29, 1.82) is 0 Å². The maximum atomic E-state index is 13.0. The van der Waals surface area contributed by atoms with E-state index >= 15 is 0 Å². The molecule has 0 bridgehead atoms. The van der Waals surface area contributed by atoms with Gasteiger partial charge in [-0.2, -0.15) is 0 Å². The molecule has 0 radical (unpaired) electrons. The zero-order chi connectivity index (χ0) is 21.0. The average molecular weight is 409 g/mol. The summed E-state index contributed by atoms with van der Waals surface area (Å²) in [4.78, 5) is 38.3. The maximum absolute atomic E-state index is 13.0. The molecule has 148 valence electrons. The number of methoxy groups -OCH3 is 2. The quantitative estimate of drug-likeness (QED) is 0.484. The summed E-state index contributed by atoms with van der Waals surface area (Å²) in [6.45, 7) is 1.66. The number of esters is 1. The smallest absolute Gasteiger partial charge is 0.341 e. The first-order valence-electron chi connectivity index (χ1n) is 8.73. The molecule has 0 aliphatic carbocycles. The van der Waals surface area contributed by atoms with Crippen molar-refractivity contribution in [3.63, 3.8) is 0 Å². The Morgan fingerprint density at radius 1 is 0.897 bits per heavy atom. The Kier molecular flexibility index (Phi) is 6.09. The van der Waals surface area contributed by atoms with E-state index in [2.05, 4.69) is 5.32 Å².